The van der Waals surface area contributed by atoms with Gasteiger partial charge >= 0.3 is 0 Å². The average Bonchev–Trinajstić information content (AvgIpc) is 3.01. The third-order valence-corrected chi connectivity index (χ3v) is 5.10. The Morgan fingerprint density at radius 1 is 1.19 bits per heavy atom. The van der Waals surface area contributed by atoms with Crippen LogP contribution in [-0.2, 0) is 0 Å². The van der Waals surface area contributed by atoms with E-state index in [1.165, 1.54) is 0 Å². The standard InChI is InChI=1S/C19H23ClFN5/c1-6-13(7-2)14-9-22-26-18(14)23-12(5)24-19(26)25-17-11(4)16(21)10(3)8-15(17)20/h8-9,13H,6-7H2,1-5H3,(H,23,24,25). The molecule has 2 heterocycles. The maximum absolute atomic E-state index is 14.3. The normalized spacial score (nSPS) is 11.5. The molecule has 138 valence electrons. The highest BCUT2D eigenvalue weighted by Gasteiger charge is 2.19. The van der Waals surface area contributed by atoms with Gasteiger partial charge in [0.2, 0.25) is 5.95 Å². The number of nitrogens with zero attached hydrogens (tertiary/aromatic N) is 4. The van der Waals surface area contributed by atoms with Crippen molar-refractivity contribution < 1.29 is 4.39 Å². The highest BCUT2D eigenvalue weighted by atomic mass is 35.5. The lowest BCUT2D eigenvalue weighted by Gasteiger charge is -2.15. The van der Waals surface area contributed by atoms with E-state index >= 15 is 0 Å². The SMILES string of the molecule is CCC(CC)c1cnn2c(Nc3c(Cl)cc(C)c(F)c3C)nc(C)nc12. The van der Waals surface area contributed by atoms with E-state index in [1.807, 2.05) is 13.1 Å². The summed E-state index contributed by atoms with van der Waals surface area (Å²) in [7, 11) is 0. The Balaban J connectivity index is 2.14. The number of benzene rings is 1. The minimum absolute atomic E-state index is 0.280. The molecule has 0 atom stereocenters. The lowest BCUT2D eigenvalue weighted by molar-refractivity contribution is 0.610. The predicted molar refractivity (Wildman–Crippen MR) is 103 cm³/mol. The maximum Gasteiger partial charge on any atom is 0.232 e. The summed E-state index contributed by atoms with van der Waals surface area (Å²) in [6.45, 7) is 9.53. The number of hydrogen-bond acceptors (Lipinski definition) is 4. The molecule has 0 radical (unpaired) electrons. The number of aryl methyl sites for hydroxylation is 2. The van der Waals surface area contributed by atoms with Crippen LogP contribution >= 0.6 is 11.6 Å². The first kappa shape index (κ1) is 18.6. The first-order chi connectivity index (χ1) is 12.4. The molecular formula is C19H23ClFN5. The van der Waals surface area contributed by atoms with Gasteiger partial charge in [0.25, 0.3) is 0 Å². The smallest absolute Gasteiger partial charge is 0.232 e. The Labute approximate surface area is 157 Å². The number of nitrogens with one attached hydrogen (secondary N) is 1. The molecule has 0 saturated heterocycles. The van der Waals surface area contributed by atoms with Gasteiger partial charge in [-0.3, -0.25) is 0 Å². The lowest BCUT2D eigenvalue weighted by atomic mass is 9.96. The van der Waals surface area contributed by atoms with Gasteiger partial charge in [-0.25, -0.2) is 9.37 Å². The van der Waals surface area contributed by atoms with Crippen molar-refractivity contribution in [2.45, 2.75) is 53.4 Å². The Bertz CT molecular complexity index is 962. The van der Waals surface area contributed by atoms with Crippen molar-refractivity contribution in [1.29, 1.82) is 0 Å². The molecule has 3 rings (SSSR count). The van der Waals surface area contributed by atoms with Crippen LogP contribution in [0.1, 0.15) is 55.1 Å². The summed E-state index contributed by atoms with van der Waals surface area (Å²) in [5, 5.41) is 8.07. The molecule has 3 aromatic rings. The predicted octanol–water partition coefficient (Wildman–Crippen LogP) is 5.49. The van der Waals surface area contributed by atoms with Gasteiger partial charge in [0.15, 0.2) is 5.65 Å². The van der Waals surface area contributed by atoms with Gasteiger partial charge in [0.1, 0.15) is 11.6 Å². The first-order valence-electron chi connectivity index (χ1n) is 8.81. The second-order valence-corrected chi connectivity index (χ2v) is 6.96. The number of hydrogen-bond donors (Lipinski definition) is 1. The van der Waals surface area contributed by atoms with E-state index in [-0.39, 0.29) is 5.82 Å². The second kappa shape index (κ2) is 7.19. The summed E-state index contributed by atoms with van der Waals surface area (Å²) < 4.78 is 16.0. The number of rotatable bonds is 5. The molecule has 0 amide bonds. The number of anilines is 2. The van der Waals surface area contributed by atoms with Crippen molar-refractivity contribution in [2.24, 2.45) is 0 Å². The molecule has 1 N–H and O–H groups in total. The zero-order valence-corrected chi connectivity index (χ0v) is 16.4. The zero-order chi connectivity index (χ0) is 19.0. The van der Waals surface area contributed by atoms with Gasteiger partial charge < -0.3 is 5.32 Å². The van der Waals surface area contributed by atoms with E-state index in [2.05, 4.69) is 34.2 Å². The fourth-order valence-corrected chi connectivity index (χ4v) is 3.63. The molecule has 0 saturated carbocycles. The van der Waals surface area contributed by atoms with Crippen LogP contribution in [0.3, 0.4) is 0 Å². The summed E-state index contributed by atoms with van der Waals surface area (Å²) in [6.07, 6.45) is 3.87. The molecule has 0 fully saturated rings. The average molecular weight is 376 g/mol. The Morgan fingerprint density at radius 2 is 1.88 bits per heavy atom. The fourth-order valence-electron chi connectivity index (χ4n) is 3.27. The van der Waals surface area contributed by atoms with Gasteiger partial charge in [-0.1, -0.05) is 25.4 Å². The maximum atomic E-state index is 14.3. The minimum Gasteiger partial charge on any atom is -0.322 e. The summed E-state index contributed by atoms with van der Waals surface area (Å²) in [6, 6.07) is 1.61. The van der Waals surface area contributed by atoms with Crippen molar-refractivity contribution in [3.05, 3.63) is 45.6 Å². The monoisotopic (exact) mass is 375 g/mol. The van der Waals surface area contributed by atoms with Gasteiger partial charge in [-0.15, -0.1) is 0 Å². The molecule has 0 aliphatic carbocycles. The van der Waals surface area contributed by atoms with Crippen LogP contribution in [-0.4, -0.2) is 19.6 Å². The van der Waals surface area contributed by atoms with Gasteiger partial charge in [0.05, 0.1) is 16.9 Å². The topological polar surface area (TPSA) is 55.1 Å². The molecule has 26 heavy (non-hydrogen) atoms. The zero-order valence-electron chi connectivity index (χ0n) is 15.7. The van der Waals surface area contributed by atoms with E-state index in [0.29, 0.717) is 39.5 Å². The van der Waals surface area contributed by atoms with Crippen LogP contribution in [0.2, 0.25) is 5.02 Å². The Morgan fingerprint density at radius 3 is 2.54 bits per heavy atom. The fraction of sp³-hybridized carbons (Fsp3) is 0.421. The van der Waals surface area contributed by atoms with Crippen LogP contribution in [0.4, 0.5) is 16.0 Å². The van der Waals surface area contributed by atoms with Gasteiger partial charge in [0, 0.05) is 11.1 Å². The third-order valence-electron chi connectivity index (χ3n) is 4.80. The second-order valence-electron chi connectivity index (χ2n) is 6.56. The molecule has 1 aromatic carbocycles. The third kappa shape index (κ3) is 3.14. The molecule has 2 aromatic heterocycles. The largest absolute Gasteiger partial charge is 0.322 e. The van der Waals surface area contributed by atoms with E-state index in [4.69, 9.17) is 11.6 Å². The first-order valence-corrected chi connectivity index (χ1v) is 9.19. The Kier molecular flexibility index (Phi) is 5.14. The van der Waals surface area contributed by atoms with Crippen LogP contribution in [0, 0.1) is 26.6 Å². The van der Waals surface area contributed by atoms with E-state index in [9.17, 15) is 4.39 Å². The molecular weight excluding hydrogens is 353 g/mol. The molecule has 0 spiro atoms. The summed E-state index contributed by atoms with van der Waals surface area (Å²) in [5.41, 5.74) is 3.33. The van der Waals surface area contributed by atoms with Crippen LogP contribution in [0.15, 0.2) is 12.3 Å². The molecule has 0 unspecified atom stereocenters. The lowest BCUT2D eigenvalue weighted by Crippen LogP contribution is -2.09. The van der Waals surface area contributed by atoms with Crippen LogP contribution in [0.5, 0.6) is 0 Å². The highest BCUT2D eigenvalue weighted by Crippen LogP contribution is 2.33. The van der Waals surface area contributed by atoms with E-state index in [0.717, 1.165) is 24.1 Å². The van der Waals surface area contributed by atoms with Crippen molar-refractivity contribution in [3.8, 4) is 0 Å². The summed E-state index contributed by atoms with van der Waals surface area (Å²) >= 11 is 6.35. The molecule has 0 aliphatic rings. The van der Waals surface area contributed by atoms with Crippen molar-refractivity contribution in [1.82, 2.24) is 19.6 Å². The molecule has 0 bridgehead atoms. The molecule has 5 nitrogen and oxygen atoms in total. The Hall–Kier alpha value is -2.21. The van der Waals surface area contributed by atoms with Crippen molar-refractivity contribution in [3.63, 3.8) is 0 Å². The van der Waals surface area contributed by atoms with E-state index < -0.39 is 0 Å². The highest BCUT2D eigenvalue weighted by molar-refractivity contribution is 6.33. The number of fused-ring (bicyclic) bond motifs is 1. The van der Waals surface area contributed by atoms with Gasteiger partial charge in [-0.2, -0.15) is 14.6 Å². The molecule has 7 heteroatoms. The van der Waals surface area contributed by atoms with E-state index in [1.54, 1.807) is 24.4 Å². The number of aromatic nitrogens is 4. The quantitative estimate of drug-likeness (QED) is 0.640. The van der Waals surface area contributed by atoms with Crippen molar-refractivity contribution in [2.75, 3.05) is 5.32 Å². The summed E-state index contributed by atoms with van der Waals surface area (Å²) in [4.78, 5) is 9.03. The minimum atomic E-state index is -0.280. The number of halogens is 2. The molecule has 0 aliphatic heterocycles. The summed E-state index contributed by atoms with van der Waals surface area (Å²) in [5.74, 6) is 1.20. The van der Waals surface area contributed by atoms with Gasteiger partial charge in [-0.05, 0) is 51.2 Å². The van der Waals surface area contributed by atoms with Crippen molar-refractivity contribution >= 4 is 28.9 Å². The van der Waals surface area contributed by atoms with Crippen LogP contribution < -0.4 is 5.32 Å². The van der Waals surface area contributed by atoms with Crippen LogP contribution in [0.25, 0.3) is 5.65 Å².